The lowest BCUT2D eigenvalue weighted by Gasteiger charge is -2.16. The van der Waals surface area contributed by atoms with Crippen molar-refractivity contribution in [3.05, 3.63) is 12.4 Å². The summed E-state index contributed by atoms with van der Waals surface area (Å²) in [6.45, 7) is 0.0655. The monoisotopic (exact) mass is 237 g/mol. The van der Waals surface area contributed by atoms with Crippen molar-refractivity contribution in [3.8, 4) is 5.75 Å². The minimum atomic E-state index is -0.0434. The molecule has 17 heavy (non-hydrogen) atoms. The van der Waals surface area contributed by atoms with E-state index in [9.17, 15) is 4.79 Å². The molecule has 0 aliphatic heterocycles. The number of H-pyrrole nitrogens is 1. The summed E-state index contributed by atoms with van der Waals surface area (Å²) in [6, 6.07) is 0.331. The Morgan fingerprint density at radius 1 is 1.41 bits per heavy atom. The maximum atomic E-state index is 11.7. The summed E-state index contributed by atoms with van der Waals surface area (Å²) in [4.78, 5) is 11.7. The first-order chi connectivity index (χ1) is 8.34. The lowest BCUT2D eigenvalue weighted by atomic mass is 10.1. The molecule has 0 unspecified atom stereocenters. The van der Waals surface area contributed by atoms with Crippen molar-refractivity contribution >= 4 is 5.91 Å². The highest BCUT2D eigenvalue weighted by Crippen LogP contribution is 2.17. The van der Waals surface area contributed by atoms with Crippen molar-refractivity contribution < 1.29 is 9.53 Å². The lowest BCUT2D eigenvalue weighted by Crippen LogP contribution is -2.37. The van der Waals surface area contributed by atoms with Crippen LogP contribution in [0.25, 0.3) is 0 Å². The van der Waals surface area contributed by atoms with Crippen LogP contribution >= 0.6 is 0 Å². The van der Waals surface area contributed by atoms with Crippen LogP contribution in [0.5, 0.6) is 5.75 Å². The van der Waals surface area contributed by atoms with E-state index in [0.29, 0.717) is 11.8 Å². The number of carbonyl (C=O) groups excluding carboxylic acids is 1. The van der Waals surface area contributed by atoms with E-state index in [1.165, 1.54) is 25.7 Å². The Bertz CT molecular complexity index is 330. The number of aromatic amines is 1. The molecular weight excluding hydrogens is 218 g/mol. The topological polar surface area (TPSA) is 67.0 Å². The van der Waals surface area contributed by atoms with Crippen molar-refractivity contribution in [1.82, 2.24) is 15.5 Å². The predicted molar refractivity (Wildman–Crippen MR) is 63.7 cm³/mol. The van der Waals surface area contributed by atoms with Gasteiger partial charge >= 0.3 is 0 Å². The highest BCUT2D eigenvalue weighted by atomic mass is 16.5. The van der Waals surface area contributed by atoms with Gasteiger partial charge in [-0.1, -0.05) is 25.7 Å². The quantitative estimate of drug-likeness (QED) is 0.782. The number of hydrogen-bond donors (Lipinski definition) is 2. The highest BCUT2D eigenvalue weighted by molar-refractivity contribution is 5.77. The third-order valence-electron chi connectivity index (χ3n) is 3.06. The van der Waals surface area contributed by atoms with E-state index in [0.717, 1.165) is 12.8 Å². The van der Waals surface area contributed by atoms with Gasteiger partial charge in [-0.15, -0.1) is 0 Å². The highest BCUT2D eigenvalue weighted by Gasteiger charge is 2.14. The molecule has 1 aromatic heterocycles. The van der Waals surface area contributed by atoms with Gasteiger partial charge in [0, 0.05) is 6.04 Å². The van der Waals surface area contributed by atoms with Gasteiger partial charge in [-0.2, -0.15) is 5.10 Å². The van der Waals surface area contributed by atoms with Crippen LogP contribution in [-0.4, -0.2) is 28.8 Å². The Morgan fingerprint density at radius 3 is 2.82 bits per heavy atom. The van der Waals surface area contributed by atoms with Gasteiger partial charge in [0.15, 0.2) is 12.4 Å². The van der Waals surface area contributed by atoms with Crippen molar-refractivity contribution in [3.63, 3.8) is 0 Å². The van der Waals surface area contributed by atoms with Crippen LogP contribution in [0.15, 0.2) is 12.4 Å². The molecule has 1 aliphatic rings. The lowest BCUT2D eigenvalue weighted by molar-refractivity contribution is -0.123. The van der Waals surface area contributed by atoms with Crippen LogP contribution < -0.4 is 10.1 Å². The zero-order valence-corrected chi connectivity index (χ0v) is 9.95. The first kappa shape index (κ1) is 12.0. The van der Waals surface area contributed by atoms with Gasteiger partial charge in [0.05, 0.1) is 12.4 Å². The normalized spacial score (nSPS) is 17.4. The Balaban J connectivity index is 1.69. The molecule has 5 nitrogen and oxygen atoms in total. The van der Waals surface area contributed by atoms with Gasteiger partial charge in [0.1, 0.15) is 0 Å². The fourth-order valence-electron chi connectivity index (χ4n) is 2.16. The minimum absolute atomic E-state index is 0.0434. The summed E-state index contributed by atoms with van der Waals surface area (Å²) < 4.78 is 5.27. The van der Waals surface area contributed by atoms with E-state index in [4.69, 9.17) is 4.74 Å². The molecule has 0 spiro atoms. The molecular formula is C12H19N3O2. The van der Waals surface area contributed by atoms with Crippen LogP contribution in [0.1, 0.15) is 38.5 Å². The van der Waals surface area contributed by atoms with E-state index in [2.05, 4.69) is 15.5 Å². The Hall–Kier alpha value is -1.52. The molecule has 1 aliphatic carbocycles. The van der Waals surface area contributed by atoms with Gasteiger partial charge in [-0.3, -0.25) is 9.89 Å². The van der Waals surface area contributed by atoms with Crippen molar-refractivity contribution in [1.29, 1.82) is 0 Å². The third-order valence-corrected chi connectivity index (χ3v) is 3.06. The van der Waals surface area contributed by atoms with Gasteiger partial charge < -0.3 is 10.1 Å². The number of ether oxygens (including phenoxy) is 1. The molecule has 0 aromatic carbocycles. The maximum absolute atomic E-state index is 11.7. The summed E-state index contributed by atoms with van der Waals surface area (Å²) >= 11 is 0. The molecule has 0 saturated heterocycles. The second-order valence-corrected chi connectivity index (χ2v) is 4.48. The summed E-state index contributed by atoms with van der Waals surface area (Å²) in [5.41, 5.74) is 0. The number of nitrogens with one attached hydrogen (secondary N) is 2. The summed E-state index contributed by atoms with van der Waals surface area (Å²) in [5.74, 6) is 0.555. The molecule has 0 radical (unpaired) electrons. The first-order valence-electron chi connectivity index (χ1n) is 6.25. The van der Waals surface area contributed by atoms with Gasteiger partial charge in [-0.25, -0.2) is 0 Å². The smallest absolute Gasteiger partial charge is 0.258 e. The van der Waals surface area contributed by atoms with Crippen molar-refractivity contribution in [2.75, 3.05) is 6.61 Å². The van der Waals surface area contributed by atoms with E-state index in [1.807, 2.05) is 0 Å². The van der Waals surface area contributed by atoms with E-state index in [-0.39, 0.29) is 12.5 Å². The van der Waals surface area contributed by atoms with Crippen LogP contribution in [0.4, 0.5) is 0 Å². The number of carbonyl (C=O) groups is 1. The Morgan fingerprint density at radius 2 is 2.18 bits per heavy atom. The molecule has 2 rings (SSSR count). The predicted octanol–water partition coefficient (Wildman–Crippen LogP) is 1.63. The molecule has 94 valence electrons. The van der Waals surface area contributed by atoms with Crippen LogP contribution in [0.3, 0.4) is 0 Å². The zero-order chi connectivity index (χ0) is 11.9. The summed E-state index contributed by atoms with van der Waals surface area (Å²) in [5, 5.41) is 9.41. The molecule has 5 heteroatoms. The molecule has 1 fully saturated rings. The molecule has 1 aromatic rings. The van der Waals surface area contributed by atoms with Gasteiger partial charge in [0.2, 0.25) is 0 Å². The first-order valence-corrected chi connectivity index (χ1v) is 6.25. The third kappa shape index (κ3) is 4.09. The number of nitrogens with zero attached hydrogens (tertiary/aromatic N) is 1. The number of rotatable bonds is 4. The standard InChI is InChI=1S/C12H19N3O2/c16-12(9-17-11-7-13-14-8-11)15-10-5-3-1-2-4-6-10/h7-8,10H,1-6,9H2,(H,13,14)(H,15,16). The summed E-state index contributed by atoms with van der Waals surface area (Å²) in [7, 11) is 0. The van der Waals surface area contributed by atoms with E-state index in [1.54, 1.807) is 12.4 Å². The average molecular weight is 237 g/mol. The van der Waals surface area contributed by atoms with Crippen LogP contribution in [-0.2, 0) is 4.79 Å². The number of aromatic nitrogens is 2. The van der Waals surface area contributed by atoms with Crippen LogP contribution in [0.2, 0.25) is 0 Å². The number of hydrogen-bond acceptors (Lipinski definition) is 3. The number of amides is 1. The van der Waals surface area contributed by atoms with E-state index >= 15 is 0 Å². The van der Waals surface area contributed by atoms with Crippen molar-refractivity contribution in [2.24, 2.45) is 0 Å². The molecule has 1 amide bonds. The fraction of sp³-hybridized carbons (Fsp3) is 0.667. The SMILES string of the molecule is O=C(COc1cn[nH]c1)NC1CCCCCC1. The van der Waals surface area contributed by atoms with Crippen molar-refractivity contribution in [2.45, 2.75) is 44.6 Å². The average Bonchev–Trinajstić information content (AvgIpc) is 2.72. The van der Waals surface area contributed by atoms with Gasteiger partial charge in [0.25, 0.3) is 5.91 Å². The minimum Gasteiger partial charge on any atom is -0.480 e. The largest absolute Gasteiger partial charge is 0.480 e. The molecule has 2 N–H and O–H groups in total. The molecule has 1 saturated carbocycles. The molecule has 0 atom stereocenters. The maximum Gasteiger partial charge on any atom is 0.258 e. The van der Waals surface area contributed by atoms with Gasteiger partial charge in [-0.05, 0) is 12.8 Å². The Labute approximate surface area is 101 Å². The Kier molecular flexibility index (Phi) is 4.41. The molecule has 0 bridgehead atoms. The fourth-order valence-corrected chi connectivity index (χ4v) is 2.16. The molecule has 1 heterocycles. The van der Waals surface area contributed by atoms with Crippen LogP contribution in [0, 0.1) is 0 Å². The zero-order valence-electron chi connectivity index (χ0n) is 9.95. The second kappa shape index (κ2) is 6.27. The van der Waals surface area contributed by atoms with E-state index < -0.39 is 0 Å². The summed E-state index contributed by atoms with van der Waals surface area (Å²) in [6.07, 6.45) is 10.4. The second-order valence-electron chi connectivity index (χ2n) is 4.48.